The normalized spacial score (nSPS) is 12.7. The predicted molar refractivity (Wildman–Crippen MR) is 123 cm³/mol. The van der Waals surface area contributed by atoms with Crippen molar-refractivity contribution in [3.8, 4) is 28.0 Å². The van der Waals surface area contributed by atoms with Crippen LogP contribution in [0.1, 0.15) is 38.2 Å². The van der Waals surface area contributed by atoms with Crippen LogP contribution in [0.25, 0.3) is 22.3 Å². The third-order valence-electron chi connectivity index (χ3n) is 5.44. The Morgan fingerprint density at radius 1 is 0.886 bits per heavy atom. The first-order valence-electron chi connectivity index (χ1n) is 11.0. The number of ether oxygens (including phenoxy) is 1. The van der Waals surface area contributed by atoms with Gasteiger partial charge in [0.25, 0.3) is 0 Å². The van der Waals surface area contributed by atoms with E-state index in [0.29, 0.717) is 16.9 Å². The van der Waals surface area contributed by atoms with Gasteiger partial charge >= 0.3 is 29.6 Å². The molecule has 0 saturated heterocycles. The topological polar surface area (TPSA) is 89.8 Å². The summed E-state index contributed by atoms with van der Waals surface area (Å²) in [6.45, 7) is 3.77. The average Bonchev–Trinajstić information content (AvgIpc) is 2.77. The minimum Gasteiger partial charge on any atom is -0.550 e. The van der Waals surface area contributed by atoms with Crippen molar-refractivity contribution in [1.82, 2.24) is 0 Å². The largest absolute Gasteiger partial charge is 1.00 e. The molecule has 0 aliphatic carbocycles. The predicted octanol–water partition coefficient (Wildman–Crippen LogP) is 1.06. The number of benzene rings is 3. The molecule has 0 bridgehead atoms. The summed E-state index contributed by atoms with van der Waals surface area (Å²) in [5, 5.41) is 30.7. The van der Waals surface area contributed by atoms with Crippen molar-refractivity contribution in [2.45, 2.75) is 44.8 Å². The van der Waals surface area contributed by atoms with Gasteiger partial charge in [0, 0.05) is 24.4 Å². The maximum atomic E-state index is 13.6. The summed E-state index contributed by atoms with van der Waals surface area (Å²) < 4.78 is 33.1. The summed E-state index contributed by atoms with van der Waals surface area (Å²) in [6, 6.07) is 15.8. The van der Waals surface area contributed by atoms with Gasteiger partial charge in [-0.1, -0.05) is 38.1 Å². The molecule has 0 amide bonds. The third-order valence-corrected chi connectivity index (χ3v) is 5.44. The van der Waals surface area contributed by atoms with Crippen molar-refractivity contribution in [2.75, 3.05) is 6.61 Å². The van der Waals surface area contributed by atoms with E-state index in [2.05, 4.69) is 0 Å². The molecule has 35 heavy (non-hydrogen) atoms. The van der Waals surface area contributed by atoms with Gasteiger partial charge < -0.3 is 24.9 Å². The van der Waals surface area contributed by atoms with Gasteiger partial charge in [-0.3, -0.25) is 0 Å². The van der Waals surface area contributed by atoms with E-state index in [-0.39, 0.29) is 60.1 Å². The molecule has 0 radical (unpaired) electrons. The molecule has 3 aromatic rings. The second kappa shape index (κ2) is 13.1. The van der Waals surface area contributed by atoms with Crippen LogP contribution in [0, 0.1) is 11.6 Å². The molecular formula is C27H27F2NaO5. The Hall–Kier alpha value is -2.29. The summed E-state index contributed by atoms with van der Waals surface area (Å²) >= 11 is 0. The molecule has 8 heteroatoms. The summed E-state index contributed by atoms with van der Waals surface area (Å²) in [5.41, 5.74) is 3.79. The molecule has 0 unspecified atom stereocenters. The van der Waals surface area contributed by atoms with Crippen molar-refractivity contribution in [1.29, 1.82) is 0 Å². The maximum absolute atomic E-state index is 13.6. The monoisotopic (exact) mass is 492 g/mol. The molecule has 3 aromatic carbocycles. The molecule has 0 aromatic heterocycles. The maximum Gasteiger partial charge on any atom is 1.00 e. The molecule has 0 aliphatic heterocycles. The van der Waals surface area contributed by atoms with Crippen LogP contribution >= 0.6 is 0 Å². The van der Waals surface area contributed by atoms with Crippen molar-refractivity contribution < 1.29 is 63.2 Å². The number of hydrogen-bond donors (Lipinski definition) is 2. The van der Waals surface area contributed by atoms with E-state index in [1.54, 1.807) is 24.3 Å². The van der Waals surface area contributed by atoms with E-state index >= 15 is 0 Å². The van der Waals surface area contributed by atoms with Gasteiger partial charge in [-0.05, 0) is 64.6 Å². The van der Waals surface area contributed by atoms with E-state index in [1.165, 1.54) is 24.3 Å². The zero-order chi connectivity index (χ0) is 24.8. The van der Waals surface area contributed by atoms with E-state index in [0.717, 1.165) is 16.7 Å². The number of aliphatic carboxylic acids is 1. The van der Waals surface area contributed by atoms with Gasteiger partial charge in [0.1, 0.15) is 24.0 Å². The Kier molecular flexibility index (Phi) is 10.9. The number of hydrogen-bond acceptors (Lipinski definition) is 5. The fourth-order valence-corrected chi connectivity index (χ4v) is 3.73. The molecule has 0 spiro atoms. The van der Waals surface area contributed by atoms with Crippen LogP contribution in [0.4, 0.5) is 8.78 Å². The molecular weight excluding hydrogens is 465 g/mol. The van der Waals surface area contributed by atoms with Gasteiger partial charge in [-0.15, -0.1) is 0 Å². The van der Waals surface area contributed by atoms with Crippen LogP contribution in [-0.4, -0.2) is 35.0 Å². The fourth-order valence-electron chi connectivity index (χ4n) is 3.73. The van der Waals surface area contributed by atoms with Crippen LogP contribution in [0.3, 0.4) is 0 Å². The zero-order valence-corrected chi connectivity index (χ0v) is 22.0. The first-order valence-corrected chi connectivity index (χ1v) is 11.0. The molecule has 0 saturated carbocycles. The summed E-state index contributed by atoms with van der Waals surface area (Å²) in [6.07, 6.45) is -3.15. The summed E-state index contributed by atoms with van der Waals surface area (Å²) in [7, 11) is 0. The molecule has 2 atom stereocenters. The Morgan fingerprint density at radius 2 is 1.43 bits per heavy atom. The minimum atomic E-state index is -1.40. The second-order valence-electron chi connectivity index (χ2n) is 8.54. The van der Waals surface area contributed by atoms with Gasteiger partial charge in [-0.2, -0.15) is 0 Å². The standard InChI is InChI=1S/C27H28F2O5.Na/c1-16(2)24-11-19(17-3-7-20(28)8-4-17)12-25(18-5-9-21(29)10-6-18)27(24)34-15-23(31)13-22(30)14-26(32)33;/h3-12,16,22-23,30-31H,13-15H2,1-2H3,(H,32,33);/q;+1/p-1/t22-,23+;/m1./s1. The Bertz CT molecular complexity index is 1120. The molecule has 180 valence electrons. The molecule has 0 aliphatic rings. The van der Waals surface area contributed by atoms with Crippen molar-refractivity contribution in [2.24, 2.45) is 0 Å². The molecule has 2 N–H and O–H groups in total. The van der Waals surface area contributed by atoms with Crippen LogP contribution < -0.4 is 39.4 Å². The Morgan fingerprint density at radius 3 is 1.94 bits per heavy atom. The van der Waals surface area contributed by atoms with Crippen LogP contribution in [-0.2, 0) is 4.79 Å². The minimum absolute atomic E-state index is 0. The fraction of sp³-hybridized carbons (Fsp3) is 0.296. The third kappa shape index (κ3) is 8.12. The van der Waals surface area contributed by atoms with Gasteiger partial charge in [0.05, 0.1) is 12.2 Å². The summed E-state index contributed by atoms with van der Waals surface area (Å²) in [4.78, 5) is 10.7. The quantitative estimate of drug-likeness (QED) is 0.413. The summed E-state index contributed by atoms with van der Waals surface area (Å²) in [5.74, 6) is -1.64. The first kappa shape index (κ1) is 28.9. The Balaban J connectivity index is 0.00000432. The van der Waals surface area contributed by atoms with E-state index in [9.17, 15) is 28.9 Å². The van der Waals surface area contributed by atoms with E-state index in [1.807, 2.05) is 26.0 Å². The van der Waals surface area contributed by atoms with Crippen LogP contribution in [0.15, 0.2) is 60.7 Å². The van der Waals surface area contributed by atoms with E-state index in [4.69, 9.17) is 4.74 Å². The van der Waals surface area contributed by atoms with E-state index < -0.39 is 24.6 Å². The van der Waals surface area contributed by atoms with Crippen LogP contribution in [0.2, 0.25) is 0 Å². The first-order chi connectivity index (χ1) is 16.1. The molecule has 5 nitrogen and oxygen atoms in total. The number of carboxylic acid groups (broad SMARTS) is 1. The Labute approximate surface area is 225 Å². The zero-order valence-electron chi connectivity index (χ0n) is 20.0. The van der Waals surface area contributed by atoms with Crippen LogP contribution in [0.5, 0.6) is 5.75 Å². The second-order valence-corrected chi connectivity index (χ2v) is 8.54. The van der Waals surface area contributed by atoms with Gasteiger partial charge in [-0.25, -0.2) is 8.78 Å². The van der Waals surface area contributed by atoms with Gasteiger partial charge in [0.2, 0.25) is 0 Å². The average molecular weight is 492 g/mol. The molecule has 0 heterocycles. The molecule has 3 rings (SSSR count). The number of carboxylic acids is 1. The van der Waals surface area contributed by atoms with Crippen molar-refractivity contribution in [3.63, 3.8) is 0 Å². The number of carbonyl (C=O) groups excluding carboxylic acids is 1. The number of aliphatic hydroxyl groups excluding tert-OH is 2. The number of aliphatic hydroxyl groups is 2. The van der Waals surface area contributed by atoms with Crippen molar-refractivity contribution >= 4 is 5.97 Å². The SMILES string of the molecule is CC(C)c1cc(-c2ccc(F)cc2)cc(-c2ccc(F)cc2)c1OC[C@@H](O)C[C@@H](O)CC(=O)[O-].[Na+]. The molecule has 0 fully saturated rings. The number of carbonyl (C=O) groups is 1. The van der Waals surface area contributed by atoms with Crippen molar-refractivity contribution in [3.05, 3.63) is 77.9 Å². The van der Waals surface area contributed by atoms with Gasteiger partial charge in [0.15, 0.2) is 0 Å². The number of rotatable bonds is 10. The smallest absolute Gasteiger partial charge is 0.550 e. The number of halogens is 2.